The standard InChI is InChI=1S/C7H14.3Te/c1-2-4-6-7-5-3-1;;;/h1-7H2;;;. The SMILES string of the molecule is C1CCCCCC1.[Te].[Te].[Te]. The van der Waals surface area contributed by atoms with Crippen molar-refractivity contribution in [3.63, 3.8) is 0 Å². The number of rotatable bonds is 0. The topological polar surface area (TPSA) is 0 Å². The van der Waals surface area contributed by atoms with E-state index in [4.69, 9.17) is 0 Å². The van der Waals surface area contributed by atoms with Crippen LogP contribution in [0.5, 0.6) is 0 Å². The summed E-state index contributed by atoms with van der Waals surface area (Å²) in [6, 6.07) is 0. The predicted octanol–water partition coefficient (Wildman–Crippen LogP) is 1.59. The summed E-state index contributed by atoms with van der Waals surface area (Å²) in [7, 11) is 0. The van der Waals surface area contributed by atoms with Gasteiger partial charge >= 0.3 is 0 Å². The smallest absolute Gasteiger partial charge is 0 e. The summed E-state index contributed by atoms with van der Waals surface area (Å²) in [5.41, 5.74) is 0. The third-order valence-corrected chi connectivity index (χ3v) is 1.75. The van der Waals surface area contributed by atoms with Gasteiger partial charge in [-0.25, -0.2) is 0 Å². The minimum Gasteiger partial charge on any atom is -0.0533 e. The Bertz CT molecular complexity index is 28.5. The number of hydrogen-bond donors (Lipinski definition) is 0. The maximum atomic E-state index is 1.50. The van der Waals surface area contributed by atoms with E-state index in [1.54, 1.807) is 0 Å². The first-order chi connectivity index (χ1) is 3.50. The second-order valence-electron chi connectivity index (χ2n) is 2.47. The van der Waals surface area contributed by atoms with E-state index in [-0.39, 0.29) is 71.0 Å². The molecule has 0 aromatic heterocycles. The summed E-state index contributed by atoms with van der Waals surface area (Å²) in [5, 5.41) is 0. The average Bonchev–Trinajstić information content (AvgIpc) is 1.90. The van der Waals surface area contributed by atoms with Crippen molar-refractivity contribution >= 4 is 71.0 Å². The van der Waals surface area contributed by atoms with Crippen molar-refractivity contribution in [1.29, 1.82) is 0 Å². The average molecular weight is 481 g/mol. The molecule has 0 heterocycles. The Morgan fingerprint density at radius 3 is 0.500 bits per heavy atom. The summed E-state index contributed by atoms with van der Waals surface area (Å²) < 4.78 is 0. The molecule has 0 spiro atoms. The molecule has 0 unspecified atom stereocenters. The van der Waals surface area contributed by atoms with Gasteiger partial charge in [-0.05, 0) is 0 Å². The molecular formula is C7H14Te3. The molecule has 1 fully saturated rings. The van der Waals surface area contributed by atoms with E-state index in [0.717, 1.165) is 0 Å². The molecule has 0 atom stereocenters. The molecule has 1 aliphatic rings. The van der Waals surface area contributed by atoms with Crippen LogP contribution in [-0.4, -0.2) is 71.0 Å². The maximum Gasteiger partial charge on any atom is 0 e. The van der Waals surface area contributed by atoms with Gasteiger partial charge < -0.3 is 0 Å². The van der Waals surface area contributed by atoms with Crippen LogP contribution in [0.3, 0.4) is 0 Å². The van der Waals surface area contributed by atoms with Gasteiger partial charge in [-0.3, -0.25) is 0 Å². The van der Waals surface area contributed by atoms with Crippen LogP contribution in [0.25, 0.3) is 0 Å². The van der Waals surface area contributed by atoms with Gasteiger partial charge in [-0.2, -0.15) is 0 Å². The molecule has 0 aromatic carbocycles. The van der Waals surface area contributed by atoms with Gasteiger partial charge in [-0.1, -0.05) is 44.9 Å². The molecule has 3 heteroatoms. The zero-order valence-corrected chi connectivity index (χ0v) is 13.2. The predicted molar refractivity (Wildman–Crippen MR) is 49.6 cm³/mol. The molecular weight excluding hydrogens is 467 g/mol. The van der Waals surface area contributed by atoms with Crippen molar-refractivity contribution in [2.75, 3.05) is 0 Å². The molecule has 1 rings (SSSR count). The van der Waals surface area contributed by atoms with Gasteiger partial charge in [-0.15, -0.1) is 0 Å². The molecule has 60 valence electrons. The van der Waals surface area contributed by atoms with E-state index in [2.05, 4.69) is 0 Å². The van der Waals surface area contributed by atoms with Crippen LogP contribution in [0.4, 0.5) is 0 Å². The fraction of sp³-hybridized carbons (Fsp3) is 1.00. The summed E-state index contributed by atoms with van der Waals surface area (Å²) in [6.07, 6.45) is 10.5. The van der Waals surface area contributed by atoms with Crippen molar-refractivity contribution in [2.45, 2.75) is 44.9 Å². The Morgan fingerprint density at radius 2 is 0.400 bits per heavy atom. The van der Waals surface area contributed by atoms with Crippen LogP contribution in [0, 0.1) is 0 Å². The molecule has 0 N–H and O–H groups in total. The van der Waals surface area contributed by atoms with Crippen LogP contribution in [0.15, 0.2) is 0 Å². The number of hydrogen-bond acceptors (Lipinski definition) is 0. The van der Waals surface area contributed by atoms with Gasteiger partial charge in [0.1, 0.15) is 0 Å². The van der Waals surface area contributed by atoms with Gasteiger partial charge in [0, 0.05) is 71.0 Å². The molecule has 0 saturated heterocycles. The normalized spacial score (nSPS) is 16.8. The third-order valence-electron chi connectivity index (χ3n) is 1.75. The van der Waals surface area contributed by atoms with E-state index >= 15 is 0 Å². The van der Waals surface area contributed by atoms with E-state index in [0.29, 0.717) is 0 Å². The maximum absolute atomic E-state index is 1.50. The van der Waals surface area contributed by atoms with Crippen LogP contribution in [-0.2, 0) is 0 Å². The Morgan fingerprint density at radius 1 is 0.300 bits per heavy atom. The van der Waals surface area contributed by atoms with Crippen LogP contribution in [0.1, 0.15) is 44.9 Å². The fourth-order valence-electron chi connectivity index (χ4n) is 1.24. The first-order valence-corrected chi connectivity index (χ1v) is 3.50. The molecule has 0 aromatic rings. The molecule has 0 nitrogen and oxygen atoms in total. The Labute approximate surface area is 114 Å². The zero-order valence-electron chi connectivity index (χ0n) is 6.17. The van der Waals surface area contributed by atoms with Crippen LogP contribution < -0.4 is 0 Å². The first-order valence-electron chi connectivity index (χ1n) is 3.50. The molecule has 6 radical (unpaired) electrons. The minimum atomic E-state index is 0. The third kappa shape index (κ3) is 10.4. The molecule has 0 amide bonds. The van der Waals surface area contributed by atoms with Crippen molar-refractivity contribution in [2.24, 2.45) is 0 Å². The van der Waals surface area contributed by atoms with E-state index in [1.807, 2.05) is 0 Å². The van der Waals surface area contributed by atoms with E-state index < -0.39 is 0 Å². The zero-order chi connectivity index (χ0) is 4.95. The molecule has 0 aliphatic heterocycles. The second kappa shape index (κ2) is 13.9. The van der Waals surface area contributed by atoms with Crippen LogP contribution in [0.2, 0.25) is 0 Å². The Hall–Kier alpha value is 2.37. The van der Waals surface area contributed by atoms with Gasteiger partial charge in [0.25, 0.3) is 0 Å². The Kier molecular flexibility index (Phi) is 25.4. The summed E-state index contributed by atoms with van der Waals surface area (Å²) >= 11 is 0. The van der Waals surface area contributed by atoms with Crippen molar-refractivity contribution in [3.8, 4) is 0 Å². The summed E-state index contributed by atoms with van der Waals surface area (Å²) in [5.74, 6) is 0. The monoisotopic (exact) mass is 488 g/mol. The quantitative estimate of drug-likeness (QED) is 0.365. The summed E-state index contributed by atoms with van der Waals surface area (Å²) in [4.78, 5) is 0. The van der Waals surface area contributed by atoms with Crippen molar-refractivity contribution in [1.82, 2.24) is 0 Å². The molecule has 1 aliphatic carbocycles. The van der Waals surface area contributed by atoms with Crippen molar-refractivity contribution in [3.05, 3.63) is 0 Å². The Balaban J connectivity index is -0.000000163. The molecule has 0 bridgehead atoms. The largest absolute Gasteiger partial charge is 0.0533 e. The summed E-state index contributed by atoms with van der Waals surface area (Å²) in [6.45, 7) is 0. The van der Waals surface area contributed by atoms with E-state index in [1.165, 1.54) is 44.9 Å². The van der Waals surface area contributed by atoms with Gasteiger partial charge in [0.15, 0.2) is 0 Å². The van der Waals surface area contributed by atoms with Crippen molar-refractivity contribution < 1.29 is 0 Å². The minimum absolute atomic E-state index is 0. The van der Waals surface area contributed by atoms with E-state index in [9.17, 15) is 0 Å². The molecule has 10 heavy (non-hydrogen) atoms. The molecule has 1 saturated carbocycles. The van der Waals surface area contributed by atoms with Gasteiger partial charge in [0.2, 0.25) is 0 Å². The fourth-order valence-corrected chi connectivity index (χ4v) is 1.24. The van der Waals surface area contributed by atoms with Crippen LogP contribution >= 0.6 is 0 Å². The first kappa shape index (κ1) is 18.2. The van der Waals surface area contributed by atoms with Gasteiger partial charge in [0.05, 0.1) is 0 Å². The second-order valence-corrected chi connectivity index (χ2v) is 2.47.